The lowest BCUT2D eigenvalue weighted by Crippen LogP contribution is -2.28. The molecule has 2 aromatic carbocycles. The molecule has 0 aliphatic rings. The van der Waals surface area contributed by atoms with Crippen molar-refractivity contribution in [2.75, 3.05) is 20.8 Å². The average molecular weight is 379 g/mol. The summed E-state index contributed by atoms with van der Waals surface area (Å²) >= 11 is 0. The van der Waals surface area contributed by atoms with Gasteiger partial charge in [0, 0.05) is 12.7 Å². The maximum atomic E-state index is 12.3. The predicted molar refractivity (Wildman–Crippen MR) is 108 cm³/mol. The van der Waals surface area contributed by atoms with E-state index in [0.29, 0.717) is 24.5 Å². The summed E-state index contributed by atoms with van der Waals surface area (Å²) in [5.41, 5.74) is 2.07. The smallest absolute Gasteiger partial charge is 0.263 e. The molecule has 0 fully saturated rings. The molecule has 1 atom stereocenters. The standard InChI is InChI=1S/C22H25N3O3/c1-16(18-7-5-4-6-8-18)25-22(26)19(14-23)15-24-12-11-17-9-10-20(27-2)21(13-17)28-3/h4-10,13,15-16,24H,11-12H2,1-3H3,(H,25,26)/b19-15-. The van der Waals surface area contributed by atoms with Crippen LogP contribution in [0.25, 0.3) is 0 Å². The highest BCUT2D eigenvalue weighted by Crippen LogP contribution is 2.27. The zero-order valence-corrected chi connectivity index (χ0v) is 16.4. The Morgan fingerprint density at radius 3 is 2.50 bits per heavy atom. The lowest BCUT2D eigenvalue weighted by molar-refractivity contribution is -0.117. The summed E-state index contributed by atoms with van der Waals surface area (Å²) in [6.45, 7) is 2.45. The summed E-state index contributed by atoms with van der Waals surface area (Å²) < 4.78 is 10.5. The first-order chi connectivity index (χ1) is 13.6. The third-order valence-electron chi connectivity index (χ3n) is 4.26. The van der Waals surface area contributed by atoms with Crippen LogP contribution < -0.4 is 20.1 Å². The second-order valence-electron chi connectivity index (χ2n) is 6.17. The van der Waals surface area contributed by atoms with Crippen LogP contribution in [0, 0.1) is 11.3 Å². The summed E-state index contributed by atoms with van der Waals surface area (Å²) in [4.78, 5) is 12.3. The fourth-order valence-corrected chi connectivity index (χ4v) is 2.67. The number of hydrogen-bond donors (Lipinski definition) is 2. The highest BCUT2D eigenvalue weighted by atomic mass is 16.5. The van der Waals surface area contributed by atoms with Crippen molar-refractivity contribution in [3.8, 4) is 17.6 Å². The number of hydrogen-bond acceptors (Lipinski definition) is 5. The van der Waals surface area contributed by atoms with Crippen molar-refractivity contribution in [1.82, 2.24) is 10.6 Å². The van der Waals surface area contributed by atoms with E-state index in [1.165, 1.54) is 6.20 Å². The molecular formula is C22H25N3O3. The van der Waals surface area contributed by atoms with E-state index in [-0.39, 0.29) is 11.6 Å². The molecule has 2 rings (SSSR count). The minimum absolute atomic E-state index is 0.0371. The number of rotatable bonds is 9. The molecule has 0 aliphatic carbocycles. The van der Waals surface area contributed by atoms with Gasteiger partial charge in [0.1, 0.15) is 11.6 Å². The lowest BCUT2D eigenvalue weighted by Gasteiger charge is -2.14. The summed E-state index contributed by atoms with van der Waals surface area (Å²) in [6.07, 6.45) is 2.16. The summed E-state index contributed by atoms with van der Waals surface area (Å²) in [6, 6.07) is 17.1. The van der Waals surface area contributed by atoms with Crippen LogP contribution in [-0.4, -0.2) is 26.7 Å². The quantitative estimate of drug-likeness (QED) is 0.397. The van der Waals surface area contributed by atoms with Crippen LogP contribution >= 0.6 is 0 Å². The van der Waals surface area contributed by atoms with Crippen molar-refractivity contribution in [1.29, 1.82) is 5.26 Å². The molecule has 6 heteroatoms. The zero-order chi connectivity index (χ0) is 20.4. The fraction of sp³-hybridized carbons (Fsp3) is 0.273. The Morgan fingerprint density at radius 2 is 1.86 bits per heavy atom. The van der Waals surface area contributed by atoms with Crippen LogP contribution in [-0.2, 0) is 11.2 Å². The molecule has 0 aliphatic heterocycles. The van der Waals surface area contributed by atoms with Crippen molar-refractivity contribution in [3.05, 3.63) is 71.4 Å². The van der Waals surface area contributed by atoms with E-state index in [1.54, 1.807) is 14.2 Å². The number of nitrogens with zero attached hydrogens (tertiary/aromatic N) is 1. The van der Waals surface area contributed by atoms with Crippen molar-refractivity contribution in [2.45, 2.75) is 19.4 Å². The number of benzene rings is 2. The molecule has 146 valence electrons. The first-order valence-electron chi connectivity index (χ1n) is 8.99. The van der Waals surface area contributed by atoms with Gasteiger partial charge >= 0.3 is 0 Å². The molecule has 0 radical (unpaired) electrons. The van der Waals surface area contributed by atoms with Crippen molar-refractivity contribution < 1.29 is 14.3 Å². The maximum Gasteiger partial charge on any atom is 0.263 e. The highest BCUT2D eigenvalue weighted by Gasteiger charge is 2.13. The van der Waals surface area contributed by atoms with Gasteiger partial charge < -0.3 is 20.1 Å². The summed E-state index contributed by atoms with van der Waals surface area (Å²) in [5.74, 6) is 0.940. The van der Waals surface area contributed by atoms with Crippen molar-refractivity contribution >= 4 is 5.91 Å². The predicted octanol–water partition coefficient (Wildman–Crippen LogP) is 3.12. The first kappa shape index (κ1) is 20.8. The van der Waals surface area contributed by atoms with Gasteiger partial charge in [-0.2, -0.15) is 5.26 Å². The van der Waals surface area contributed by atoms with Crippen LogP contribution in [0.2, 0.25) is 0 Å². The Kier molecular flexibility index (Phi) is 7.92. The van der Waals surface area contributed by atoms with Gasteiger partial charge in [-0.05, 0) is 36.6 Å². The Labute approximate surface area is 165 Å². The van der Waals surface area contributed by atoms with E-state index in [1.807, 2.05) is 61.5 Å². The molecule has 0 heterocycles. The average Bonchev–Trinajstić information content (AvgIpc) is 2.74. The maximum absolute atomic E-state index is 12.3. The van der Waals surface area contributed by atoms with Gasteiger partial charge in [0.15, 0.2) is 11.5 Å². The van der Waals surface area contributed by atoms with Gasteiger partial charge in [0.2, 0.25) is 0 Å². The number of methoxy groups -OCH3 is 2. The normalized spacial score (nSPS) is 11.9. The van der Waals surface area contributed by atoms with Gasteiger partial charge in [-0.25, -0.2) is 0 Å². The van der Waals surface area contributed by atoms with Crippen LogP contribution in [0.1, 0.15) is 24.1 Å². The van der Waals surface area contributed by atoms with E-state index in [4.69, 9.17) is 9.47 Å². The number of nitrogens with one attached hydrogen (secondary N) is 2. The second-order valence-corrected chi connectivity index (χ2v) is 6.17. The van der Waals surface area contributed by atoms with Crippen LogP contribution in [0.4, 0.5) is 0 Å². The number of carbonyl (C=O) groups excluding carboxylic acids is 1. The minimum Gasteiger partial charge on any atom is -0.493 e. The molecule has 6 nitrogen and oxygen atoms in total. The van der Waals surface area contributed by atoms with Crippen LogP contribution in [0.5, 0.6) is 11.5 Å². The fourth-order valence-electron chi connectivity index (χ4n) is 2.67. The lowest BCUT2D eigenvalue weighted by atomic mass is 10.1. The van der Waals surface area contributed by atoms with Crippen molar-refractivity contribution in [2.24, 2.45) is 0 Å². The zero-order valence-electron chi connectivity index (χ0n) is 16.4. The van der Waals surface area contributed by atoms with E-state index in [0.717, 1.165) is 11.1 Å². The number of nitriles is 1. The van der Waals surface area contributed by atoms with Gasteiger partial charge in [-0.15, -0.1) is 0 Å². The third-order valence-corrected chi connectivity index (χ3v) is 4.26. The Hall–Kier alpha value is -3.46. The van der Waals surface area contributed by atoms with E-state index < -0.39 is 5.91 Å². The van der Waals surface area contributed by atoms with Crippen LogP contribution in [0.3, 0.4) is 0 Å². The molecule has 1 unspecified atom stereocenters. The molecule has 2 N–H and O–H groups in total. The minimum atomic E-state index is -0.405. The van der Waals surface area contributed by atoms with Gasteiger partial charge in [-0.1, -0.05) is 36.4 Å². The molecule has 28 heavy (non-hydrogen) atoms. The molecule has 1 amide bonds. The summed E-state index contributed by atoms with van der Waals surface area (Å²) in [7, 11) is 3.19. The van der Waals surface area contributed by atoms with E-state index >= 15 is 0 Å². The third kappa shape index (κ3) is 5.78. The Balaban J connectivity index is 1.89. The molecule has 0 saturated carbocycles. The van der Waals surface area contributed by atoms with Crippen molar-refractivity contribution in [3.63, 3.8) is 0 Å². The van der Waals surface area contributed by atoms with Crippen LogP contribution in [0.15, 0.2) is 60.3 Å². The van der Waals surface area contributed by atoms with E-state index in [9.17, 15) is 10.1 Å². The van der Waals surface area contributed by atoms with Gasteiger partial charge in [0.05, 0.1) is 20.3 Å². The highest BCUT2D eigenvalue weighted by molar-refractivity contribution is 5.97. The number of amides is 1. The molecule has 0 bridgehead atoms. The first-order valence-corrected chi connectivity index (χ1v) is 8.99. The molecule has 0 aromatic heterocycles. The SMILES string of the molecule is COc1ccc(CCN/C=C(/C#N)C(=O)NC(C)c2ccccc2)cc1OC. The van der Waals surface area contributed by atoms with Gasteiger partial charge in [-0.3, -0.25) is 4.79 Å². The Bertz CT molecular complexity index is 857. The molecule has 0 spiro atoms. The topological polar surface area (TPSA) is 83.4 Å². The molecular weight excluding hydrogens is 354 g/mol. The monoisotopic (exact) mass is 379 g/mol. The molecule has 0 saturated heterocycles. The van der Waals surface area contributed by atoms with Gasteiger partial charge in [0.25, 0.3) is 5.91 Å². The summed E-state index contributed by atoms with van der Waals surface area (Å²) in [5, 5.41) is 15.1. The molecule has 2 aromatic rings. The Morgan fingerprint density at radius 1 is 1.14 bits per heavy atom. The van der Waals surface area contributed by atoms with E-state index in [2.05, 4.69) is 10.6 Å². The number of ether oxygens (including phenoxy) is 2. The number of carbonyl (C=O) groups is 1. The second kappa shape index (κ2) is 10.6. The largest absolute Gasteiger partial charge is 0.493 e.